The molecule has 0 aliphatic heterocycles. The molecule has 3 rings (SSSR count). The quantitative estimate of drug-likeness (QED) is 0.348. The Morgan fingerprint density at radius 3 is 2.57 bits per heavy atom. The third-order valence-corrected chi connectivity index (χ3v) is 6.59. The number of amides is 1. The number of rotatable bonds is 9. The van der Waals surface area contributed by atoms with E-state index in [1.54, 1.807) is 22.7 Å². The number of benzene rings is 2. The number of carbonyl (C=O) groups is 1. The van der Waals surface area contributed by atoms with Crippen molar-refractivity contribution in [3.63, 3.8) is 0 Å². The Balaban J connectivity index is 0.00000320. The van der Waals surface area contributed by atoms with Gasteiger partial charge in [-0.2, -0.15) is 0 Å². The van der Waals surface area contributed by atoms with Crippen molar-refractivity contribution >= 4 is 68.4 Å². The third-order valence-electron chi connectivity index (χ3n) is 4.28. The maximum atomic E-state index is 14.1. The van der Waals surface area contributed by atoms with E-state index in [0.717, 1.165) is 22.6 Å². The van der Waals surface area contributed by atoms with Crippen LogP contribution in [-0.2, 0) is 4.79 Å². The zero-order valence-corrected chi connectivity index (χ0v) is 20.0. The lowest BCUT2D eigenvalue weighted by molar-refractivity contribution is -0.118. The molecule has 0 atom stereocenters. The molecule has 0 saturated heterocycles. The van der Waals surface area contributed by atoms with Gasteiger partial charge in [0.2, 0.25) is 5.91 Å². The summed E-state index contributed by atoms with van der Waals surface area (Å²) in [6.45, 7) is 1.42. The Morgan fingerprint density at radius 1 is 1.17 bits per heavy atom. The molecule has 1 amide bonds. The second-order valence-electron chi connectivity index (χ2n) is 6.84. The van der Waals surface area contributed by atoms with Crippen LogP contribution < -0.4 is 4.90 Å². The van der Waals surface area contributed by atoms with Gasteiger partial charge in [-0.15, -0.1) is 24.2 Å². The maximum absolute atomic E-state index is 14.1. The van der Waals surface area contributed by atoms with E-state index in [4.69, 9.17) is 11.6 Å². The van der Waals surface area contributed by atoms with Crippen LogP contribution in [0.5, 0.6) is 0 Å². The second-order valence-corrected chi connectivity index (χ2v) is 9.45. The highest BCUT2D eigenvalue weighted by Gasteiger charge is 2.20. The molecular formula is C21H24Cl2FN3OS2. The van der Waals surface area contributed by atoms with Crippen molar-refractivity contribution in [2.75, 3.05) is 37.8 Å². The normalized spacial score (nSPS) is 11.0. The largest absolute Gasteiger partial charge is 0.309 e. The molecule has 9 heteroatoms. The molecule has 30 heavy (non-hydrogen) atoms. The predicted molar refractivity (Wildman–Crippen MR) is 129 cm³/mol. The summed E-state index contributed by atoms with van der Waals surface area (Å²) in [7, 11) is 4.00. The minimum absolute atomic E-state index is 0. The number of anilines is 1. The van der Waals surface area contributed by atoms with E-state index < -0.39 is 0 Å². The molecule has 0 N–H and O–H groups in total. The molecule has 3 aromatic rings. The zero-order valence-electron chi connectivity index (χ0n) is 16.8. The first-order valence-corrected chi connectivity index (χ1v) is 11.5. The van der Waals surface area contributed by atoms with E-state index in [9.17, 15) is 9.18 Å². The number of halogens is 3. The Morgan fingerprint density at radius 2 is 1.90 bits per heavy atom. The molecular weight excluding hydrogens is 464 g/mol. The van der Waals surface area contributed by atoms with Gasteiger partial charge in [0.05, 0.1) is 4.70 Å². The fraction of sp³-hybridized carbons (Fsp3) is 0.333. The SMILES string of the molecule is CN(C)CCCN(C(=O)CCSc1ccc(Cl)cc1)c1nc2c(F)cccc2s1.Cl. The first-order valence-electron chi connectivity index (χ1n) is 9.32. The molecule has 1 aromatic heterocycles. The van der Waals surface area contributed by atoms with E-state index in [1.807, 2.05) is 44.4 Å². The van der Waals surface area contributed by atoms with E-state index in [-0.39, 0.29) is 24.1 Å². The predicted octanol–water partition coefficient (Wildman–Crippen LogP) is 5.98. The summed E-state index contributed by atoms with van der Waals surface area (Å²) in [4.78, 5) is 22.3. The van der Waals surface area contributed by atoms with E-state index >= 15 is 0 Å². The fourth-order valence-corrected chi connectivity index (χ4v) is 4.80. The lowest BCUT2D eigenvalue weighted by Crippen LogP contribution is -2.33. The van der Waals surface area contributed by atoms with Gasteiger partial charge in [-0.3, -0.25) is 9.69 Å². The van der Waals surface area contributed by atoms with Gasteiger partial charge in [-0.05, 0) is 63.5 Å². The van der Waals surface area contributed by atoms with Gasteiger partial charge in [0.25, 0.3) is 0 Å². The van der Waals surface area contributed by atoms with Crippen LogP contribution in [0.15, 0.2) is 47.4 Å². The number of aromatic nitrogens is 1. The van der Waals surface area contributed by atoms with Crippen LogP contribution >= 0.6 is 47.1 Å². The summed E-state index contributed by atoms with van der Waals surface area (Å²) < 4.78 is 14.8. The highest BCUT2D eigenvalue weighted by atomic mass is 35.5. The monoisotopic (exact) mass is 487 g/mol. The number of carbonyl (C=O) groups excluding carboxylic acids is 1. The Labute approximate surface area is 195 Å². The van der Waals surface area contributed by atoms with Gasteiger partial charge >= 0.3 is 0 Å². The summed E-state index contributed by atoms with van der Waals surface area (Å²) in [5.74, 6) is 0.304. The first kappa shape index (κ1) is 24.9. The van der Waals surface area contributed by atoms with Gasteiger partial charge in [-0.25, -0.2) is 9.37 Å². The van der Waals surface area contributed by atoms with Crippen LogP contribution in [0.4, 0.5) is 9.52 Å². The summed E-state index contributed by atoms with van der Waals surface area (Å²) in [5.41, 5.74) is 0.327. The average molecular weight is 488 g/mol. The molecule has 0 fully saturated rings. The second kappa shape index (κ2) is 11.9. The molecule has 0 bridgehead atoms. The molecule has 0 saturated carbocycles. The van der Waals surface area contributed by atoms with Crippen molar-refractivity contribution in [1.29, 1.82) is 0 Å². The van der Waals surface area contributed by atoms with Crippen molar-refractivity contribution in [3.8, 4) is 0 Å². The van der Waals surface area contributed by atoms with Crippen LogP contribution in [-0.4, -0.2) is 48.7 Å². The number of para-hydroxylation sites is 1. The summed E-state index contributed by atoms with van der Waals surface area (Å²) >= 11 is 8.89. The van der Waals surface area contributed by atoms with Crippen molar-refractivity contribution in [3.05, 3.63) is 53.3 Å². The van der Waals surface area contributed by atoms with Crippen LogP contribution in [0.3, 0.4) is 0 Å². The van der Waals surface area contributed by atoms with Crippen LogP contribution in [0.1, 0.15) is 12.8 Å². The number of hydrogen-bond donors (Lipinski definition) is 0. The highest BCUT2D eigenvalue weighted by molar-refractivity contribution is 7.99. The third kappa shape index (κ3) is 6.82. The van der Waals surface area contributed by atoms with Crippen LogP contribution in [0, 0.1) is 5.82 Å². The molecule has 2 aromatic carbocycles. The van der Waals surface area contributed by atoms with E-state index in [0.29, 0.717) is 34.4 Å². The average Bonchev–Trinajstić information content (AvgIpc) is 3.12. The molecule has 0 aliphatic rings. The Hall–Kier alpha value is -1.38. The smallest absolute Gasteiger partial charge is 0.229 e. The molecule has 0 aliphatic carbocycles. The van der Waals surface area contributed by atoms with Gasteiger partial charge in [0.15, 0.2) is 5.13 Å². The molecule has 0 unspecified atom stereocenters. The number of fused-ring (bicyclic) bond motifs is 1. The standard InChI is InChI=1S/C21H23ClFN3OS2.ClH/c1-25(2)12-4-13-26(21-24-20-17(23)5-3-6-18(20)29-21)19(27)11-14-28-16-9-7-15(22)8-10-16;/h3,5-10H,4,11-14H2,1-2H3;1H. The minimum atomic E-state index is -0.357. The van der Waals surface area contributed by atoms with E-state index in [1.165, 1.54) is 17.4 Å². The van der Waals surface area contributed by atoms with Gasteiger partial charge < -0.3 is 4.90 Å². The zero-order chi connectivity index (χ0) is 20.8. The highest BCUT2D eigenvalue weighted by Crippen LogP contribution is 2.31. The Kier molecular flexibility index (Phi) is 9.84. The molecule has 0 radical (unpaired) electrons. The van der Waals surface area contributed by atoms with Crippen LogP contribution in [0.2, 0.25) is 5.02 Å². The minimum Gasteiger partial charge on any atom is -0.309 e. The fourth-order valence-electron chi connectivity index (χ4n) is 2.81. The summed E-state index contributed by atoms with van der Waals surface area (Å²) in [6.07, 6.45) is 1.20. The topological polar surface area (TPSA) is 36.4 Å². The molecule has 1 heterocycles. The van der Waals surface area contributed by atoms with Crippen molar-refractivity contribution in [1.82, 2.24) is 9.88 Å². The number of nitrogens with zero attached hydrogens (tertiary/aromatic N) is 3. The first-order chi connectivity index (χ1) is 13.9. The number of hydrogen-bond acceptors (Lipinski definition) is 5. The molecule has 162 valence electrons. The molecule has 4 nitrogen and oxygen atoms in total. The van der Waals surface area contributed by atoms with Crippen molar-refractivity contribution in [2.24, 2.45) is 0 Å². The van der Waals surface area contributed by atoms with E-state index in [2.05, 4.69) is 9.88 Å². The summed E-state index contributed by atoms with van der Waals surface area (Å²) in [5, 5.41) is 1.26. The Bertz CT molecular complexity index is 967. The number of thiazole rings is 1. The molecule has 0 spiro atoms. The lowest BCUT2D eigenvalue weighted by atomic mass is 10.3. The van der Waals surface area contributed by atoms with Crippen molar-refractivity contribution < 1.29 is 9.18 Å². The summed E-state index contributed by atoms with van der Waals surface area (Å²) in [6, 6.07) is 12.5. The van der Waals surface area contributed by atoms with Gasteiger partial charge in [0, 0.05) is 28.6 Å². The van der Waals surface area contributed by atoms with Crippen LogP contribution in [0.25, 0.3) is 10.2 Å². The van der Waals surface area contributed by atoms with Crippen molar-refractivity contribution in [2.45, 2.75) is 17.7 Å². The maximum Gasteiger partial charge on any atom is 0.229 e. The number of thioether (sulfide) groups is 1. The van der Waals surface area contributed by atoms with Gasteiger partial charge in [-0.1, -0.05) is 29.0 Å². The van der Waals surface area contributed by atoms with Gasteiger partial charge in [0.1, 0.15) is 11.3 Å². The lowest BCUT2D eigenvalue weighted by Gasteiger charge is -2.21.